The number of hydrogen-bond acceptors (Lipinski definition) is 7. The number of nitrogen functional groups attached to an aromatic ring is 1. The molecule has 0 unspecified atom stereocenters. The molecule has 10 heteroatoms. The molecule has 2 aliphatic heterocycles. The zero-order valence-corrected chi connectivity index (χ0v) is 19.8. The molecule has 3 N–H and O–H groups in total. The van der Waals surface area contributed by atoms with Gasteiger partial charge in [0.25, 0.3) is 0 Å². The van der Waals surface area contributed by atoms with Gasteiger partial charge in [0.2, 0.25) is 5.75 Å². The van der Waals surface area contributed by atoms with Gasteiger partial charge in [-0.15, -0.1) is 0 Å². The van der Waals surface area contributed by atoms with E-state index < -0.39 is 5.82 Å². The molecule has 8 nitrogen and oxygen atoms in total. The molecule has 0 radical (unpaired) electrons. The summed E-state index contributed by atoms with van der Waals surface area (Å²) in [6.07, 6.45) is 7.70. The lowest BCUT2D eigenvalue weighted by atomic mass is 9.95. The van der Waals surface area contributed by atoms with Gasteiger partial charge in [-0.05, 0) is 57.0 Å². The number of imidazole rings is 1. The number of piperidine rings is 1. The third kappa shape index (κ3) is 4.67. The van der Waals surface area contributed by atoms with E-state index in [4.69, 9.17) is 22.3 Å². The Hall–Kier alpha value is -2.91. The maximum Gasteiger partial charge on any atom is 0.201 e. The van der Waals surface area contributed by atoms with Crippen LogP contribution in [0.2, 0.25) is 5.02 Å². The molecule has 0 saturated carbocycles. The summed E-state index contributed by atoms with van der Waals surface area (Å²) in [5.41, 5.74) is 7.37. The van der Waals surface area contributed by atoms with Gasteiger partial charge in [0.15, 0.2) is 11.6 Å². The first-order valence-corrected chi connectivity index (χ1v) is 12.2. The molecule has 180 valence electrons. The van der Waals surface area contributed by atoms with Crippen molar-refractivity contribution in [2.75, 3.05) is 43.4 Å². The molecular formula is C24H29ClFN7O. The highest BCUT2D eigenvalue weighted by Gasteiger charge is 2.28. The topological polar surface area (TPSA) is 96.3 Å². The summed E-state index contributed by atoms with van der Waals surface area (Å²) in [5, 5.41) is 10.4. The zero-order valence-electron chi connectivity index (χ0n) is 19.0. The highest BCUT2D eigenvalue weighted by atomic mass is 35.5. The molecule has 2 fully saturated rings. The van der Waals surface area contributed by atoms with Gasteiger partial charge in [0.1, 0.15) is 18.0 Å². The molecule has 5 rings (SSSR count). The minimum Gasteiger partial charge on any atom is -0.502 e. The normalized spacial score (nSPS) is 17.5. The molecule has 2 saturated heterocycles. The predicted octanol–water partition coefficient (Wildman–Crippen LogP) is 3.90. The van der Waals surface area contributed by atoms with Crippen molar-refractivity contribution in [3.8, 4) is 17.0 Å². The summed E-state index contributed by atoms with van der Waals surface area (Å²) in [4.78, 5) is 17.6. The number of hydrogen-bond donors (Lipinski definition) is 2. The number of nitrogens with zero attached hydrogens (tertiary/aromatic N) is 6. The van der Waals surface area contributed by atoms with Crippen molar-refractivity contribution in [2.24, 2.45) is 0 Å². The Bertz CT molecular complexity index is 1160. The Balaban J connectivity index is 1.37. The van der Waals surface area contributed by atoms with Crippen LogP contribution in [-0.2, 0) is 6.54 Å². The fraction of sp³-hybridized carbons (Fsp3) is 0.458. The molecule has 0 aliphatic carbocycles. The van der Waals surface area contributed by atoms with E-state index in [1.54, 1.807) is 12.1 Å². The number of rotatable bonds is 6. The second kappa shape index (κ2) is 9.76. The van der Waals surface area contributed by atoms with Crippen LogP contribution in [-0.4, -0.2) is 62.2 Å². The Kier molecular flexibility index (Phi) is 6.56. The lowest BCUT2D eigenvalue weighted by Gasteiger charge is -2.33. The molecular weight excluding hydrogens is 457 g/mol. The van der Waals surface area contributed by atoms with Crippen LogP contribution in [0.4, 0.5) is 16.0 Å². The van der Waals surface area contributed by atoms with Crippen LogP contribution < -0.4 is 10.6 Å². The van der Waals surface area contributed by atoms with E-state index in [-0.39, 0.29) is 22.5 Å². The van der Waals surface area contributed by atoms with Crippen LogP contribution in [0, 0.1) is 5.82 Å². The molecule has 0 atom stereocenters. The van der Waals surface area contributed by atoms with Crippen LogP contribution in [0.15, 0.2) is 30.7 Å². The molecule has 0 amide bonds. The smallest absolute Gasteiger partial charge is 0.201 e. The first-order chi connectivity index (χ1) is 16.5. The van der Waals surface area contributed by atoms with Gasteiger partial charge in [-0.1, -0.05) is 11.6 Å². The second-order valence-electron chi connectivity index (χ2n) is 9.05. The highest BCUT2D eigenvalue weighted by molar-refractivity contribution is 6.31. The van der Waals surface area contributed by atoms with E-state index in [0.29, 0.717) is 5.82 Å². The van der Waals surface area contributed by atoms with Gasteiger partial charge in [-0.25, -0.2) is 19.3 Å². The Morgan fingerprint density at radius 3 is 2.59 bits per heavy atom. The molecule has 0 bridgehead atoms. The van der Waals surface area contributed by atoms with E-state index in [1.807, 2.05) is 4.90 Å². The number of aromatic nitrogens is 4. The molecule has 2 aromatic heterocycles. The number of benzene rings is 1. The van der Waals surface area contributed by atoms with Crippen molar-refractivity contribution in [3.05, 3.63) is 47.4 Å². The minimum absolute atomic E-state index is 0.0662. The molecule has 34 heavy (non-hydrogen) atoms. The number of aromatic hydroxyl groups is 1. The van der Waals surface area contributed by atoms with Crippen LogP contribution in [0.3, 0.4) is 0 Å². The highest BCUT2D eigenvalue weighted by Crippen LogP contribution is 2.35. The Labute approximate surface area is 203 Å². The number of likely N-dealkylation sites (tertiary alicyclic amines) is 1. The minimum atomic E-state index is -0.430. The molecule has 3 aromatic rings. The van der Waals surface area contributed by atoms with E-state index in [1.165, 1.54) is 25.2 Å². The van der Waals surface area contributed by atoms with Crippen LogP contribution in [0.25, 0.3) is 11.3 Å². The molecule has 1 aromatic carbocycles. The van der Waals surface area contributed by atoms with Gasteiger partial charge in [0, 0.05) is 43.9 Å². The fourth-order valence-corrected chi connectivity index (χ4v) is 5.13. The van der Waals surface area contributed by atoms with Gasteiger partial charge in [-0.2, -0.15) is 0 Å². The van der Waals surface area contributed by atoms with Crippen molar-refractivity contribution in [3.63, 3.8) is 0 Å². The van der Waals surface area contributed by atoms with E-state index in [0.717, 1.165) is 69.2 Å². The number of halogens is 2. The number of nitrogens with two attached hydrogens (primary N) is 1. The molecule has 2 aliphatic rings. The quantitative estimate of drug-likeness (QED) is 0.546. The van der Waals surface area contributed by atoms with Crippen LogP contribution in [0.1, 0.15) is 37.4 Å². The maximum atomic E-state index is 13.7. The standard InChI is InChI=1S/C24H29ClFN7O/c25-18-13-17(3-4-19(18)26)20-14-33(12-11-31-7-1-2-8-31)23(30-20)16-5-9-32(10-6-16)24-21(34)22(27)28-15-29-24/h3-4,13-16,34H,1-2,5-12H2,(H2,27,28,29). The third-order valence-electron chi connectivity index (χ3n) is 6.87. The first kappa shape index (κ1) is 22.9. The Morgan fingerprint density at radius 1 is 1.09 bits per heavy atom. The summed E-state index contributed by atoms with van der Waals surface area (Å²) < 4.78 is 16.0. The van der Waals surface area contributed by atoms with Gasteiger partial charge < -0.3 is 25.2 Å². The second-order valence-corrected chi connectivity index (χ2v) is 9.46. The van der Waals surface area contributed by atoms with E-state index in [9.17, 15) is 9.50 Å². The van der Waals surface area contributed by atoms with Gasteiger partial charge in [0.05, 0.1) is 10.7 Å². The summed E-state index contributed by atoms with van der Waals surface area (Å²) in [5.74, 6) is 1.38. The van der Waals surface area contributed by atoms with E-state index >= 15 is 0 Å². The number of anilines is 2. The van der Waals surface area contributed by atoms with Crippen molar-refractivity contribution >= 4 is 23.2 Å². The first-order valence-electron chi connectivity index (χ1n) is 11.8. The summed E-state index contributed by atoms with van der Waals surface area (Å²) in [6.45, 7) is 5.60. The van der Waals surface area contributed by atoms with Gasteiger partial charge in [-0.3, -0.25) is 0 Å². The predicted molar refractivity (Wildman–Crippen MR) is 131 cm³/mol. The zero-order chi connectivity index (χ0) is 23.7. The average Bonchev–Trinajstić information content (AvgIpc) is 3.51. The summed E-state index contributed by atoms with van der Waals surface area (Å²) >= 11 is 6.04. The average molecular weight is 486 g/mol. The molecule has 4 heterocycles. The third-order valence-corrected chi connectivity index (χ3v) is 7.16. The largest absolute Gasteiger partial charge is 0.502 e. The van der Waals surface area contributed by atoms with Gasteiger partial charge >= 0.3 is 0 Å². The van der Waals surface area contributed by atoms with E-state index in [2.05, 4.69) is 25.6 Å². The summed E-state index contributed by atoms with van der Waals surface area (Å²) in [6, 6.07) is 4.75. The lowest BCUT2D eigenvalue weighted by Crippen LogP contribution is -2.34. The SMILES string of the molecule is Nc1ncnc(N2CCC(c3nc(-c4ccc(F)c(Cl)c4)cn3CCN3CCCC3)CC2)c1O. The van der Waals surface area contributed by atoms with Crippen LogP contribution >= 0.6 is 11.6 Å². The monoisotopic (exact) mass is 485 g/mol. The molecule has 0 spiro atoms. The maximum absolute atomic E-state index is 13.7. The van der Waals surface area contributed by atoms with Crippen molar-refractivity contribution in [1.82, 2.24) is 24.4 Å². The lowest BCUT2D eigenvalue weighted by molar-refractivity contribution is 0.317. The van der Waals surface area contributed by atoms with Crippen LogP contribution in [0.5, 0.6) is 5.75 Å². The Morgan fingerprint density at radius 2 is 1.85 bits per heavy atom. The fourth-order valence-electron chi connectivity index (χ4n) is 4.95. The summed E-state index contributed by atoms with van der Waals surface area (Å²) in [7, 11) is 0. The van der Waals surface area contributed by atoms with Crippen molar-refractivity contribution in [1.29, 1.82) is 0 Å². The van der Waals surface area contributed by atoms with Crippen molar-refractivity contribution < 1.29 is 9.50 Å². The van der Waals surface area contributed by atoms with Crippen molar-refractivity contribution in [2.45, 2.75) is 38.1 Å².